The highest BCUT2D eigenvalue weighted by Gasteiger charge is 2.67. The van der Waals surface area contributed by atoms with Gasteiger partial charge in [0.15, 0.2) is 5.79 Å². The van der Waals surface area contributed by atoms with Crippen molar-refractivity contribution in [1.29, 1.82) is 0 Å². The molecule has 8 saturated heterocycles. The normalized spacial score (nSPS) is 49.5. The van der Waals surface area contributed by atoms with Gasteiger partial charge in [-0.1, -0.05) is 53.3 Å². The Bertz CT molecular complexity index is 1210. The van der Waals surface area contributed by atoms with E-state index in [-0.39, 0.29) is 85.8 Å². The van der Waals surface area contributed by atoms with E-state index in [0.29, 0.717) is 24.2 Å². The van der Waals surface area contributed by atoms with Crippen molar-refractivity contribution in [3.63, 3.8) is 0 Å². The van der Waals surface area contributed by atoms with E-state index in [1.54, 1.807) is 0 Å². The fourth-order valence-corrected chi connectivity index (χ4v) is 10.4. The number of rotatable bonds is 14. The minimum absolute atomic E-state index is 0.0248. The standard InChI is InChI=1S/C40H62O9/c1-8-10-31-25(7)36-38-39(46-31)37-35(47-38)19-40(48-36,49-37)14-13-28-16-22(4)30(43-28)12-11-27-15-21(3)23(5)33(44-27)18-34-29(9-2)24(6)32(45-34)17-26(42)20-41/h8,21,24-39,41-42H,1,4-5,9-20H2,2-3,6-7H3/t21-,24-,25?,26+,27?,28+,29-,30+,31+,32-,33-,34+,35-,36+,37+,38?,39+,40-/m1/s1. The second-order valence-corrected chi connectivity index (χ2v) is 16.6. The molecule has 8 rings (SSSR count). The minimum Gasteiger partial charge on any atom is -0.394 e. The lowest BCUT2D eigenvalue weighted by Crippen LogP contribution is -2.54. The molecule has 0 aromatic carbocycles. The second-order valence-electron chi connectivity index (χ2n) is 16.6. The van der Waals surface area contributed by atoms with Crippen molar-refractivity contribution in [3.05, 3.63) is 37.0 Å². The van der Waals surface area contributed by atoms with E-state index >= 15 is 0 Å². The van der Waals surface area contributed by atoms with E-state index < -0.39 is 11.9 Å². The molecule has 3 unspecified atom stereocenters. The molecule has 276 valence electrons. The van der Waals surface area contributed by atoms with Crippen LogP contribution in [0.15, 0.2) is 37.0 Å². The summed E-state index contributed by atoms with van der Waals surface area (Å²) >= 11 is 0. The molecule has 8 heterocycles. The van der Waals surface area contributed by atoms with Crippen LogP contribution in [0.4, 0.5) is 0 Å². The van der Waals surface area contributed by atoms with Gasteiger partial charge in [-0.05, 0) is 67.4 Å². The van der Waals surface area contributed by atoms with Crippen molar-refractivity contribution in [2.75, 3.05) is 6.61 Å². The SMILES string of the molecule is C=CC[C@@H]1O[C@@H]2C3O[C@@H]4C[C@](CC[C@H]5CC(=C)[C@H](CCC6C[C@@H](C)C(=C)[C@@H](C[C@@H]7O[C@H](C[C@H](O)CO)[C@H](C)[C@H]7CC)O6)O5)(O[C@H]3C1C)O[C@H]24. The van der Waals surface area contributed by atoms with Crippen LogP contribution >= 0.6 is 0 Å². The first kappa shape index (κ1) is 36.2. The van der Waals surface area contributed by atoms with Gasteiger partial charge < -0.3 is 43.4 Å². The first-order chi connectivity index (χ1) is 23.5. The molecular weight excluding hydrogens is 624 g/mol. The molecule has 9 heteroatoms. The zero-order chi connectivity index (χ0) is 34.6. The van der Waals surface area contributed by atoms with Crippen LogP contribution in [-0.4, -0.2) is 102 Å². The quantitative estimate of drug-likeness (QED) is 0.219. The maximum Gasteiger partial charge on any atom is 0.172 e. The van der Waals surface area contributed by atoms with Crippen molar-refractivity contribution in [2.45, 2.75) is 183 Å². The number of aliphatic hydroxyl groups is 2. The molecule has 18 atom stereocenters. The molecule has 9 nitrogen and oxygen atoms in total. The molecule has 0 radical (unpaired) electrons. The van der Waals surface area contributed by atoms with Gasteiger partial charge in [-0.3, -0.25) is 0 Å². The summed E-state index contributed by atoms with van der Waals surface area (Å²) in [6.45, 7) is 21.5. The van der Waals surface area contributed by atoms with Gasteiger partial charge in [-0.25, -0.2) is 0 Å². The monoisotopic (exact) mass is 686 g/mol. The highest BCUT2D eigenvalue weighted by Crippen LogP contribution is 2.54. The summed E-state index contributed by atoms with van der Waals surface area (Å²) in [5.41, 5.74) is 2.33. The van der Waals surface area contributed by atoms with Gasteiger partial charge in [-0.2, -0.15) is 0 Å². The van der Waals surface area contributed by atoms with Gasteiger partial charge >= 0.3 is 0 Å². The smallest absolute Gasteiger partial charge is 0.172 e. The fourth-order valence-electron chi connectivity index (χ4n) is 10.4. The Morgan fingerprint density at radius 2 is 1.61 bits per heavy atom. The van der Waals surface area contributed by atoms with Gasteiger partial charge in [0.2, 0.25) is 0 Å². The summed E-state index contributed by atoms with van der Waals surface area (Å²) in [6.07, 6.45) is 10.3. The van der Waals surface area contributed by atoms with Gasteiger partial charge in [0, 0.05) is 31.6 Å². The Morgan fingerprint density at radius 1 is 0.857 bits per heavy atom. The lowest BCUT2D eigenvalue weighted by Gasteiger charge is -2.42. The van der Waals surface area contributed by atoms with Crippen molar-refractivity contribution >= 4 is 0 Å². The van der Waals surface area contributed by atoms with Gasteiger partial charge in [0.25, 0.3) is 0 Å². The topological polar surface area (TPSA) is 105 Å². The van der Waals surface area contributed by atoms with Gasteiger partial charge in [-0.15, -0.1) is 6.58 Å². The molecule has 6 bridgehead atoms. The summed E-state index contributed by atoms with van der Waals surface area (Å²) in [5, 5.41) is 19.5. The lowest BCUT2D eigenvalue weighted by molar-refractivity contribution is -0.262. The molecule has 8 fully saturated rings. The Balaban J connectivity index is 0.908. The van der Waals surface area contributed by atoms with Crippen LogP contribution in [0.2, 0.25) is 0 Å². The molecule has 8 aliphatic heterocycles. The summed E-state index contributed by atoms with van der Waals surface area (Å²) in [7, 11) is 0. The minimum atomic E-state index is -0.747. The summed E-state index contributed by atoms with van der Waals surface area (Å²) < 4.78 is 46.5. The molecule has 49 heavy (non-hydrogen) atoms. The number of hydrogen-bond acceptors (Lipinski definition) is 9. The summed E-state index contributed by atoms with van der Waals surface area (Å²) in [6, 6.07) is 0. The Labute approximate surface area is 293 Å². The average Bonchev–Trinajstić information content (AvgIpc) is 3.74. The zero-order valence-corrected chi connectivity index (χ0v) is 30.3. The molecule has 0 amide bonds. The van der Waals surface area contributed by atoms with Crippen LogP contribution < -0.4 is 0 Å². The molecule has 0 saturated carbocycles. The molecular formula is C40H62O9. The van der Waals surface area contributed by atoms with E-state index in [1.165, 1.54) is 5.57 Å². The molecule has 0 spiro atoms. The fraction of sp³-hybridized carbons (Fsp3) is 0.850. The molecule has 8 aliphatic rings. The molecule has 0 aromatic heterocycles. The number of ether oxygens (including phenoxy) is 7. The van der Waals surface area contributed by atoms with Crippen molar-refractivity contribution < 1.29 is 43.4 Å². The van der Waals surface area contributed by atoms with Crippen molar-refractivity contribution in [2.24, 2.45) is 23.7 Å². The third kappa shape index (κ3) is 7.03. The van der Waals surface area contributed by atoms with Crippen molar-refractivity contribution in [1.82, 2.24) is 0 Å². The predicted octanol–water partition coefficient (Wildman–Crippen LogP) is 5.80. The Hall–Kier alpha value is -1.14. The number of hydrogen-bond donors (Lipinski definition) is 2. The largest absolute Gasteiger partial charge is 0.394 e. The predicted molar refractivity (Wildman–Crippen MR) is 185 cm³/mol. The van der Waals surface area contributed by atoms with Crippen LogP contribution in [-0.2, 0) is 33.2 Å². The maximum absolute atomic E-state index is 10.1. The first-order valence-corrected chi connectivity index (χ1v) is 19.4. The number of aliphatic hydroxyl groups excluding tert-OH is 2. The molecule has 2 N–H and O–H groups in total. The molecule has 0 aliphatic carbocycles. The average molecular weight is 687 g/mol. The highest BCUT2D eigenvalue weighted by atomic mass is 16.8. The van der Waals surface area contributed by atoms with E-state index in [9.17, 15) is 10.2 Å². The van der Waals surface area contributed by atoms with E-state index in [2.05, 4.69) is 47.4 Å². The van der Waals surface area contributed by atoms with E-state index in [0.717, 1.165) is 69.8 Å². The Morgan fingerprint density at radius 3 is 2.37 bits per heavy atom. The Kier molecular flexibility index (Phi) is 10.9. The van der Waals surface area contributed by atoms with E-state index in [1.807, 2.05) is 6.08 Å². The summed E-state index contributed by atoms with van der Waals surface area (Å²) in [5.74, 6) is 0.644. The summed E-state index contributed by atoms with van der Waals surface area (Å²) in [4.78, 5) is 0. The van der Waals surface area contributed by atoms with Crippen molar-refractivity contribution in [3.8, 4) is 0 Å². The van der Waals surface area contributed by atoms with E-state index in [4.69, 9.17) is 33.2 Å². The third-order valence-corrected chi connectivity index (χ3v) is 13.4. The van der Waals surface area contributed by atoms with Crippen LogP contribution in [0, 0.1) is 23.7 Å². The van der Waals surface area contributed by atoms with Gasteiger partial charge in [0.1, 0.15) is 18.3 Å². The lowest BCUT2D eigenvalue weighted by atomic mass is 9.80. The van der Waals surface area contributed by atoms with Crippen LogP contribution in [0.25, 0.3) is 0 Å². The second kappa shape index (κ2) is 14.7. The van der Waals surface area contributed by atoms with Crippen LogP contribution in [0.1, 0.15) is 98.3 Å². The maximum atomic E-state index is 10.1. The zero-order valence-electron chi connectivity index (χ0n) is 30.3. The van der Waals surface area contributed by atoms with Crippen LogP contribution in [0.5, 0.6) is 0 Å². The third-order valence-electron chi connectivity index (χ3n) is 13.4. The first-order valence-electron chi connectivity index (χ1n) is 19.4. The van der Waals surface area contributed by atoms with Crippen LogP contribution in [0.3, 0.4) is 0 Å². The molecule has 0 aromatic rings. The van der Waals surface area contributed by atoms with Gasteiger partial charge in [0.05, 0.1) is 67.6 Å². The highest BCUT2D eigenvalue weighted by molar-refractivity contribution is 5.14.